The van der Waals surface area contributed by atoms with Crippen LogP contribution in [0.25, 0.3) is 22.2 Å². The van der Waals surface area contributed by atoms with Gasteiger partial charge in [-0.25, -0.2) is 31.2 Å². The smallest absolute Gasteiger partial charge is 0.263 e. The zero-order chi connectivity index (χ0) is 29.9. The highest BCUT2D eigenvalue weighted by Gasteiger charge is 2.33. The zero-order valence-corrected chi connectivity index (χ0v) is 24.9. The van der Waals surface area contributed by atoms with Gasteiger partial charge in [-0.3, -0.25) is 4.72 Å². The second kappa shape index (κ2) is 12.2. The van der Waals surface area contributed by atoms with Crippen LogP contribution in [0.15, 0.2) is 87.5 Å². The Bertz CT molecular complexity index is 1940. The van der Waals surface area contributed by atoms with Crippen LogP contribution in [0.2, 0.25) is 0 Å². The highest BCUT2D eigenvalue weighted by atomic mass is 32.2. The molecular formula is C30H31FN4O5S2. The molecule has 0 fully saturated rings. The van der Waals surface area contributed by atoms with E-state index in [1.807, 2.05) is 6.92 Å². The number of aryl methyl sites for hydroxylation is 2. The van der Waals surface area contributed by atoms with Crippen molar-refractivity contribution in [2.24, 2.45) is 0 Å². The number of rotatable bonds is 12. The Kier molecular flexibility index (Phi) is 8.58. The minimum atomic E-state index is -4.35. The number of sulfone groups is 1. The fourth-order valence-corrected chi connectivity index (χ4v) is 7.23. The normalized spacial score (nSPS) is 12.3. The maximum atomic E-state index is 14.3. The van der Waals surface area contributed by atoms with Crippen LogP contribution in [-0.2, 0) is 31.1 Å². The molecule has 0 amide bonds. The molecule has 2 heterocycles. The highest BCUT2D eigenvalue weighted by molar-refractivity contribution is 7.93. The molecule has 5 rings (SSSR count). The number of hydrogen-bond acceptors (Lipinski definition) is 7. The molecule has 0 radical (unpaired) electrons. The predicted octanol–water partition coefficient (Wildman–Crippen LogP) is 5.87. The van der Waals surface area contributed by atoms with Gasteiger partial charge in [0, 0.05) is 19.8 Å². The van der Waals surface area contributed by atoms with Crippen molar-refractivity contribution in [2.45, 2.75) is 54.3 Å². The van der Waals surface area contributed by atoms with Gasteiger partial charge in [0.15, 0.2) is 5.65 Å². The maximum absolute atomic E-state index is 14.3. The zero-order valence-electron chi connectivity index (χ0n) is 23.2. The standard InChI is InChI=1S/C30H31FN4O5S2/c1-3-4-19-40-20-7-18-35-29-27(32-25-8-5-6-9-26(25)33-29)28(41(36,37)23-14-10-21(2)11-15-23)30(35)34-42(38,39)24-16-12-22(31)13-17-24/h5-6,8-17,34H,3-4,7,18-20H2,1-2H3. The number of sulfonamides is 1. The van der Waals surface area contributed by atoms with E-state index in [1.165, 1.54) is 16.7 Å². The molecule has 220 valence electrons. The number of halogens is 1. The molecule has 0 saturated carbocycles. The summed E-state index contributed by atoms with van der Waals surface area (Å²) in [5.41, 5.74) is 2.10. The maximum Gasteiger partial charge on any atom is 0.263 e. The summed E-state index contributed by atoms with van der Waals surface area (Å²) in [5, 5.41) is 0. The van der Waals surface area contributed by atoms with Gasteiger partial charge in [0.1, 0.15) is 22.0 Å². The van der Waals surface area contributed by atoms with Gasteiger partial charge in [0.05, 0.1) is 20.8 Å². The number of nitrogens with one attached hydrogen (secondary N) is 1. The Labute approximate surface area is 244 Å². The lowest BCUT2D eigenvalue weighted by Gasteiger charge is -2.15. The molecule has 3 aromatic carbocycles. The Morgan fingerprint density at radius 2 is 1.45 bits per heavy atom. The highest BCUT2D eigenvalue weighted by Crippen LogP contribution is 2.38. The molecule has 0 aliphatic rings. The number of ether oxygens (including phenoxy) is 1. The van der Waals surface area contributed by atoms with E-state index >= 15 is 0 Å². The van der Waals surface area contributed by atoms with Crippen molar-refractivity contribution in [3.05, 3.63) is 84.2 Å². The first-order valence-corrected chi connectivity index (χ1v) is 16.6. The SMILES string of the molecule is CCCCOCCCn1c(NS(=O)(=O)c2ccc(F)cc2)c(S(=O)(=O)c2ccc(C)cc2)c2nc3ccccc3nc21. The molecular weight excluding hydrogens is 579 g/mol. The second-order valence-electron chi connectivity index (χ2n) is 9.91. The van der Waals surface area contributed by atoms with Gasteiger partial charge in [0.25, 0.3) is 10.0 Å². The minimum absolute atomic E-state index is 0.0211. The molecule has 0 atom stereocenters. The van der Waals surface area contributed by atoms with Crippen LogP contribution in [0, 0.1) is 12.7 Å². The van der Waals surface area contributed by atoms with Crippen molar-refractivity contribution in [1.82, 2.24) is 14.5 Å². The minimum Gasteiger partial charge on any atom is -0.381 e. The average molecular weight is 611 g/mol. The Hall–Kier alpha value is -3.87. The molecule has 5 aromatic rings. The number of para-hydroxylation sites is 2. The molecule has 1 N–H and O–H groups in total. The Balaban J connectivity index is 1.74. The number of aromatic nitrogens is 3. The topological polar surface area (TPSA) is 120 Å². The molecule has 0 bridgehead atoms. The average Bonchev–Trinajstić information content (AvgIpc) is 3.25. The molecule has 12 heteroatoms. The number of anilines is 1. The van der Waals surface area contributed by atoms with Crippen LogP contribution in [0.5, 0.6) is 0 Å². The molecule has 0 unspecified atom stereocenters. The first-order valence-electron chi connectivity index (χ1n) is 13.6. The number of fused-ring (bicyclic) bond motifs is 2. The lowest BCUT2D eigenvalue weighted by Crippen LogP contribution is -2.19. The van der Waals surface area contributed by atoms with E-state index in [1.54, 1.807) is 36.4 Å². The lowest BCUT2D eigenvalue weighted by molar-refractivity contribution is 0.126. The quantitative estimate of drug-likeness (QED) is 0.175. The Morgan fingerprint density at radius 3 is 2.12 bits per heavy atom. The van der Waals surface area contributed by atoms with E-state index in [0.29, 0.717) is 30.7 Å². The van der Waals surface area contributed by atoms with E-state index in [2.05, 4.69) is 16.6 Å². The summed E-state index contributed by atoms with van der Waals surface area (Å²) in [6, 6.07) is 17.6. The van der Waals surface area contributed by atoms with E-state index in [-0.39, 0.29) is 38.2 Å². The molecule has 0 aliphatic carbocycles. The summed E-state index contributed by atoms with van der Waals surface area (Å²) in [6.07, 6.45) is 2.35. The fourth-order valence-electron chi connectivity index (χ4n) is 4.55. The van der Waals surface area contributed by atoms with Crippen molar-refractivity contribution < 1.29 is 26.0 Å². The molecule has 0 saturated heterocycles. The van der Waals surface area contributed by atoms with Crippen molar-refractivity contribution in [1.29, 1.82) is 0 Å². The monoisotopic (exact) mass is 610 g/mol. The molecule has 9 nitrogen and oxygen atoms in total. The molecule has 42 heavy (non-hydrogen) atoms. The van der Waals surface area contributed by atoms with Crippen molar-refractivity contribution in [3.8, 4) is 0 Å². The summed E-state index contributed by atoms with van der Waals surface area (Å²) in [5.74, 6) is -0.798. The van der Waals surface area contributed by atoms with Crippen LogP contribution in [0.3, 0.4) is 0 Å². The third kappa shape index (κ3) is 6.01. The van der Waals surface area contributed by atoms with Crippen LogP contribution in [0.4, 0.5) is 10.2 Å². The van der Waals surface area contributed by atoms with Gasteiger partial charge in [-0.2, -0.15) is 0 Å². The number of unbranched alkanes of at least 4 members (excludes halogenated alkanes) is 1. The summed E-state index contributed by atoms with van der Waals surface area (Å²) >= 11 is 0. The van der Waals surface area contributed by atoms with E-state index in [4.69, 9.17) is 9.72 Å². The first-order chi connectivity index (χ1) is 20.1. The lowest BCUT2D eigenvalue weighted by atomic mass is 10.2. The summed E-state index contributed by atoms with van der Waals surface area (Å²) in [7, 11) is -8.66. The van der Waals surface area contributed by atoms with Crippen molar-refractivity contribution >= 4 is 47.9 Å². The first kappa shape index (κ1) is 29.6. The van der Waals surface area contributed by atoms with Gasteiger partial charge in [-0.05, 0) is 68.3 Å². The van der Waals surface area contributed by atoms with Crippen molar-refractivity contribution in [2.75, 3.05) is 17.9 Å². The van der Waals surface area contributed by atoms with E-state index in [9.17, 15) is 21.2 Å². The summed E-state index contributed by atoms with van der Waals surface area (Å²) < 4.78 is 79.0. The van der Waals surface area contributed by atoms with Gasteiger partial charge < -0.3 is 9.30 Å². The summed E-state index contributed by atoms with van der Waals surface area (Å²) in [4.78, 5) is 8.85. The van der Waals surface area contributed by atoms with Crippen LogP contribution in [0.1, 0.15) is 31.7 Å². The second-order valence-corrected chi connectivity index (χ2v) is 13.5. The number of nitrogens with zero attached hydrogens (tertiary/aromatic N) is 3. The van der Waals surface area contributed by atoms with Gasteiger partial charge in [-0.15, -0.1) is 0 Å². The van der Waals surface area contributed by atoms with Crippen molar-refractivity contribution in [3.63, 3.8) is 0 Å². The van der Waals surface area contributed by atoms with Crippen LogP contribution in [-0.4, -0.2) is 44.6 Å². The van der Waals surface area contributed by atoms with Gasteiger partial charge in [0.2, 0.25) is 9.84 Å². The van der Waals surface area contributed by atoms with Gasteiger partial charge in [-0.1, -0.05) is 43.2 Å². The molecule has 2 aromatic heterocycles. The number of hydrogen-bond donors (Lipinski definition) is 1. The fraction of sp³-hybridized carbons (Fsp3) is 0.267. The van der Waals surface area contributed by atoms with E-state index in [0.717, 1.165) is 42.7 Å². The van der Waals surface area contributed by atoms with E-state index < -0.39 is 25.7 Å². The predicted molar refractivity (Wildman–Crippen MR) is 159 cm³/mol. The molecule has 0 spiro atoms. The van der Waals surface area contributed by atoms with Crippen LogP contribution >= 0.6 is 0 Å². The number of benzene rings is 3. The van der Waals surface area contributed by atoms with Gasteiger partial charge >= 0.3 is 0 Å². The molecule has 0 aliphatic heterocycles. The summed E-state index contributed by atoms with van der Waals surface area (Å²) in [6.45, 7) is 5.06. The largest absolute Gasteiger partial charge is 0.381 e. The third-order valence-electron chi connectivity index (χ3n) is 6.78. The third-order valence-corrected chi connectivity index (χ3v) is 9.95. The van der Waals surface area contributed by atoms with Crippen LogP contribution < -0.4 is 4.72 Å². The Morgan fingerprint density at radius 1 is 0.833 bits per heavy atom.